The van der Waals surface area contributed by atoms with Crippen LogP contribution in [0.15, 0.2) is 53.2 Å². The fraction of sp³-hybridized carbons (Fsp3) is 0.238. The van der Waals surface area contributed by atoms with Crippen LogP contribution in [0.4, 0.5) is 11.4 Å². The average molecular weight is 400 g/mol. The lowest BCUT2D eigenvalue weighted by molar-refractivity contribution is 0.0549. The Morgan fingerprint density at radius 2 is 1.56 bits per heavy atom. The van der Waals surface area contributed by atoms with E-state index in [1.807, 2.05) is 18.2 Å². The van der Waals surface area contributed by atoms with Crippen molar-refractivity contribution >= 4 is 54.2 Å². The summed E-state index contributed by atoms with van der Waals surface area (Å²) in [5, 5.41) is 10.2. The zero-order valence-electron chi connectivity index (χ0n) is 15.1. The molecule has 4 rings (SSSR count). The third kappa shape index (κ3) is 3.94. The highest BCUT2D eigenvalue weighted by Gasteiger charge is 2.17. The minimum atomic E-state index is 0.521. The quantitative estimate of drug-likeness (QED) is 0.356. The van der Waals surface area contributed by atoms with Crippen LogP contribution in [0, 0.1) is 0 Å². The van der Waals surface area contributed by atoms with E-state index in [0.29, 0.717) is 26.4 Å². The van der Waals surface area contributed by atoms with Gasteiger partial charge in [0.2, 0.25) is 0 Å². The number of anilines is 2. The third-order valence-electron chi connectivity index (χ3n) is 4.23. The number of rotatable bonds is 9. The molecule has 0 aliphatic heterocycles. The first-order chi connectivity index (χ1) is 13.4. The maximum absolute atomic E-state index is 6.16. The molecule has 0 saturated carbocycles. The fourth-order valence-electron chi connectivity index (χ4n) is 2.99. The molecule has 140 valence electrons. The van der Waals surface area contributed by atoms with Crippen LogP contribution in [-0.4, -0.2) is 33.5 Å². The van der Waals surface area contributed by atoms with Crippen LogP contribution in [0.2, 0.25) is 0 Å². The van der Waals surface area contributed by atoms with Crippen molar-refractivity contribution in [2.24, 2.45) is 0 Å². The summed E-state index contributed by atoms with van der Waals surface area (Å²) in [4.78, 5) is 0. The molecule has 2 heterocycles. The number of fused-ring (bicyclic) bond motifs is 2. The molecule has 0 bridgehead atoms. The van der Waals surface area contributed by atoms with Gasteiger partial charge in [0.05, 0.1) is 34.9 Å². The molecule has 4 aromatic rings. The van der Waals surface area contributed by atoms with E-state index >= 15 is 0 Å². The summed E-state index contributed by atoms with van der Waals surface area (Å²) in [6, 6.07) is 14.6. The van der Waals surface area contributed by atoms with Crippen molar-refractivity contribution in [1.82, 2.24) is 0 Å². The monoisotopic (exact) mass is 399 g/mol. The molecule has 0 radical (unpaired) electrons. The third-order valence-corrected chi connectivity index (χ3v) is 6.07. The van der Waals surface area contributed by atoms with Gasteiger partial charge in [0.25, 0.3) is 0 Å². The van der Waals surface area contributed by atoms with Crippen molar-refractivity contribution in [2.75, 3.05) is 38.9 Å². The first-order valence-corrected chi connectivity index (χ1v) is 10.6. The Bertz CT molecular complexity index is 959. The Morgan fingerprint density at radius 3 is 2.37 bits per heavy atom. The summed E-state index contributed by atoms with van der Waals surface area (Å²) >= 11 is 3.44. The second-order valence-corrected chi connectivity index (χ2v) is 7.81. The minimum absolute atomic E-state index is 0.521. The highest BCUT2D eigenvalue weighted by Crippen LogP contribution is 2.46. The fourth-order valence-corrected chi connectivity index (χ4v) is 4.81. The van der Waals surface area contributed by atoms with Gasteiger partial charge in [-0.3, -0.25) is 0 Å². The van der Waals surface area contributed by atoms with Crippen molar-refractivity contribution in [3.8, 4) is 5.75 Å². The average Bonchev–Trinajstić information content (AvgIpc) is 3.37. The second-order valence-electron chi connectivity index (χ2n) is 5.98. The molecule has 2 aromatic carbocycles. The molecule has 0 fully saturated rings. The SMILES string of the molecule is COCCOCCOc1c2ccsc2c(Nc2ccccc2)c2ccsc12. The molecule has 0 atom stereocenters. The largest absolute Gasteiger partial charge is 0.489 e. The number of para-hydroxylation sites is 1. The van der Waals surface area contributed by atoms with Gasteiger partial charge < -0.3 is 19.5 Å². The van der Waals surface area contributed by atoms with Crippen LogP contribution < -0.4 is 10.1 Å². The molecule has 6 heteroatoms. The highest BCUT2D eigenvalue weighted by atomic mass is 32.1. The van der Waals surface area contributed by atoms with E-state index < -0.39 is 0 Å². The maximum atomic E-state index is 6.16. The Morgan fingerprint density at radius 1 is 0.815 bits per heavy atom. The van der Waals surface area contributed by atoms with Gasteiger partial charge in [-0.2, -0.15) is 0 Å². The lowest BCUT2D eigenvalue weighted by atomic mass is 10.1. The predicted octanol–water partition coefficient (Wildman–Crippen LogP) is 5.90. The predicted molar refractivity (Wildman–Crippen MR) is 115 cm³/mol. The number of nitrogens with one attached hydrogen (secondary N) is 1. The molecule has 0 amide bonds. The summed E-state index contributed by atoms with van der Waals surface area (Å²) in [6.07, 6.45) is 0. The standard InChI is InChI=1S/C21H21NO3S2/c1-23-9-10-24-11-12-25-19-17-8-14-26-20(17)18(16-7-13-27-21(16)19)22-15-5-3-2-4-6-15/h2-8,13-14,22H,9-12H2,1H3. The number of benzene rings is 2. The van der Waals surface area contributed by atoms with E-state index in [2.05, 4.69) is 40.3 Å². The summed E-state index contributed by atoms with van der Waals surface area (Å²) in [7, 11) is 1.67. The van der Waals surface area contributed by atoms with E-state index in [0.717, 1.165) is 27.2 Å². The molecular weight excluding hydrogens is 378 g/mol. The van der Waals surface area contributed by atoms with Crippen LogP contribution in [0.1, 0.15) is 0 Å². The lowest BCUT2D eigenvalue weighted by Gasteiger charge is -2.14. The van der Waals surface area contributed by atoms with Crippen LogP contribution in [0.3, 0.4) is 0 Å². The van der Waals surface area contributed by atoms with E-state index in [9.17, 15) is 0 Å². The highest BCUT2D eigenvalue weighted by molar-refractivity contribution is 7.20. The van der Waals surface area contributed by atoms with Crippen molar-refractivity contribution < 1.29 is 14.2 Å². The summed E-state index contributed by atoms with van der Waals surface area (Å²) < 4.78 is 19.1. The zero-order valence-corrected chi connectivity index (χ0v) is 16.7. The summed E-state index contributed by atoms with van der Waals surface area (Å²) in [5.41, 5.74) is 2.23. The van der Waals surface area contributed by atoms with Gasteiger partial charge in [0.1, 0.15) is 12.4 Å². The lowest BCUT2D eigenvalue weighted by Crippen LogP contribution is -2.10. The molecule has 0 saturated heterocycles. The van der Waals surface area contributed by atoms with Gasteiger partial charge in [-0.05, 0) is 35.0 Å². The Labute approximate surface area is 166 Å². The Hall–Kier alpha value is -2.12. The molecule has 4 nitrogen and oxygen atoms in total. The van der Waals surface area contributed by atoms with Gasteiger partial charge in [0.15, 0.2) is 0 Å². The molecule has 0 spiro atoms. The molecule has 1 N–H and O–H groups in total. The Kier molecular flexibility index (Phi) is 5.89. The van der Waals surface area contributed by atoms with Crippen LogP contribution in [-0.2, 0) is 9.47 Å². The number of hydrogen-bond donors (Lipinski definition) is 1. The molecule has 0 aliphatic rings. The number of methoxy groups -OCH3 is 1. The molecule has 0 unspecified atom stereocenters. The van der Waals surface area contributed by atoms with Crippen LogP contribution in [0.5, 0.6) is 5.75 Å². The van der Waals surface area contributed by atoms with E-state index in [1.54, 1.807) is 29.8 Å². The van der Waals surface area contributed by atoms with Gasteiger partial charge in [-0.25, -0.2) is 0 Å². The van der Waals surface area contributed by atoms with Crippen molar-refractivity contribution in [2.45, 2.75) is 0 Å². The maximum Gasteiger partial charge on any atom is 0.146 e. The summed E-state index contributed by atoms with van der Waals surface area (Å²) in [6.45, 7) is 2.25. The van der Waals surface area contributed by atoms with Gasteiger partial charge in [0, 0.05) is 23.6 Å². The Balaban J connectivity index is 1.64. The molecule has 2 aromatic heterocycles. The first kappa shape index (κ1) is 18.3. The number of ether oxygens (including phenoxy) is 3. The number of hydrogen-bond acceptors (Lipinski definition) is 6. The van der Waals surface area contributed by atoms with Gasteiger partial charge in [-0.1, -0.05) is 18.2 Å². The van der Waals surface area contributed by atoms with E-state index in [4.69, 9.17) is 14.2 Å². The van der Waals surface area contributed by atoms with Crippen molar-refractivity contribution in [1.29, 1.82) is 0 Å². The summed E-state index contributed by atoms with van der Waals surface area (Å²) in [5.74, 6) is 0.949. The normalized spacial score (nSPS) is 11.3. The first-order valence-electron chi connectivity index (χ1n) is 8.80. The molecule has 27 heavy (non-hydrogen) atoms. The van der Waals surface area contributed by atoms with Crippen LogP contribution in [0.25, 0.3) is 20.2 Å². The smallest absolute Gasteiger partial charge is 0.146 e. The van der Waals surface area contributed by atoms with Gasteiger partial charge >= 0.3 is 0 Å². The minimum Gasteiger partial charge on any atom is -0.489 e. The van der Waals surface area contributed by atoms with Crippen molar-refractivity contribution in [3.63, 3.8) is 0 Å². The molecule has 0 aliphatic carbocycles. The van der Waals surface area contributed by atoms with E-state index in [1.165, 1.54) is 10.1 Å². The second kappa shape index (κ2) is 8.71. The topological polar surface area (TPSA) is 39.7 Å². The number of thiophene rings is 2. The zero-order chi connectivity index (χ0) is 18.5. The van der Waals surface area contributed by atoms with Crippen LogP contribution >= 0.6 is 22.7 Å². The van der Waals surface area contributed by atoms with Gasteiger partial charge in [-0.15, -0.1) is 22.7 Å². The van der Waals surface area contributed by atoms with Crippen molar-refractivity contribution in [3.05, 3.63) is 53.2 Å². The molecular formula is C21H21NO3S2. The van der Waals surface area contributed by atoms with E-state index in [-0.39, 0.29) is 0 Å².